The lowest BCUT2D eigenvalue weighted by molar-refractivity contribution is 1.54. The van der Waals surface area contributed by atoms with Crippen molar-refractivity contribution in [2.24, 2.45) is 0 Å². The zero-order chi connectivity index (χ0) is 13.5. The van der Waals surface area contributed by atoms with Gasteiger partial charge in [0, 0.05) is 33.1 Å². The van der Waals surface area contributed by atoms with Gasteiger partial charge < -0.3 is 10.7 Å². The van der Waals surface area contributed by atoms with E-state index in [0.717, 1.165) is 27.8 Å². The third-order valence-corrected chi connectivity index (χ3v) is 3.76. The number of H-pyrrole nitrogens is 1. The van der Waals surface area contributed by atoms with Crippen molar-refractivity contribution in [3.05, 3.63) is 66.7 Å². The Morgan fingerprint density at radius 3 is 2.30 bits per heavy atom. The minimum Gasteiger partial charge on any atom is -0.398 e. The van der Waals surface area contributed by atoms with E-state index in [4.69, 9.17) is 5.73 Å². The Balaban J connectivity index is 2.05. The Kier molecular flexibility index (Phi) is 2.30. The lowest BCUT2D eigenvalue weighted by Crippen LogP contribution is -1.89. The molecule has 96 valence electrons. The Morgan fingerprint density at radius 1 is 0.700 bits per heavy atom. The van der Waals surface area contributed by atoms with Gasteiger partial charge in [-0.05, 0) is 23.8 Å². The standard InChI is InChI=1S/C18H14N2/c19-16-10-15-13-8-4-5-9-17(13)20-18(15)11-14(16)12-6-2-1-3-7-12/h1-11,20H,19H2. The first-order chi connectivity index (χ1) is 9.83. The smallest absolute Gasteiger partial charge is 0.0472 e. The maximum atomic E-state index is 6.25. The minimum atomic E-state index is 0.813. The molecule has 2 nitrogen and oxygen atoms in total. The summed E-state index contributed by atoms with van der Waals surface area (Å²) in [6, 6.07) is 22.8. The van der Waals surface area contributed by atoms with Crippen molar-refractivity contribution in [2.45, 2.75) is 0 Å². The molecule has 1 heterocycles. The van der Waals surface area contributed by atoms with Crippen LogP contribution in [0, 0.1) is 0 Å². The highest BCUT2D eigenvalue weighted by Crippen LogP contribution is 2.33. The molecule has 0 amide bonds. The van der Waals surface area contributed by atoms with E-state index < -0.39 is 0 Å². The molecule has 0 saturated carbocycles. The number of anilines is 1. The summed E-state index contributed by atoms with van der Waals surface area (Å²) < 4.78 is 0. The van der Waals surface area contributed by atoms with Crippen molar-refractivity contribution in [3.8, 4) is 11.1 Å². The van der Waals surface area contributed by atoms with Crippen LogP contribution in [0.1, 0.15) is 0 Å². The molecule has 3 N–H and O–H groups in total. The SMILES string of the molecule is Nc1cc2c(cc1-c1ccccc1)[nH]c1ccccc12. The molecule has 0 aliphatic rings. The van der Waals surface area contributed by atoms with E-state index in [1.807, 2.05) is 24.3 Å². The van der Waals surface area contributed by atoms with Crippen molar-refractivity contribution in [2.75, 3.05) is 5.73 Å². The topological polar surface area (TPSA) is 41.8 Å². The summed E-state index contributed by atoms with van der Waals surface area (Å²) in [5.41, 5.74) is 11.6. The number of nitrogens with one attached hydrogen (secondary N) is 1. The molecular weight excluding hydrogens is 244 g/mol. The molecule has 20 heavy (non-hydrogen) atoms. The lowest BCUT2D eigenvalue weighted by Gasteiger charge is -2.06. The maximum Gasteiger partial charge on any atom is 0.0472 e. The third-order valence-electron chi connectivity index (χ3n) is 3.76. The number of rotatable bonds is 1. The van der Waals surface area contributed by atoms with Gasteiger partial charge in [0.05, 0.1) is 0 Å². The summed E-state index contributed by atoms with van der Waals surface area (Å²) in [7, 11) is 0. The molecule has 0 aliphatic heterocycles. The molecule has 0 bridgehead atoms. The van der Waals surface area contributed by atoms with E-state index in [0.29, 0.717) is 0 Å². The Morgan fingerprint density at radius 2 is 1.45 bits per heavy atom. The van der Waals surface area contributed by atoms with Crippen LogP contribution in [0.5, 0.6) is 0 Å². The van der Waals surface area contributed by atoms with Gasteiger partial charge in [-0.2, -0.15) is 0 Å². The van der Waals surface area contributed by atoms with Crippen LogP contribution in [-0.2, 0) is 0 Å². The van der Waals surface area contributed by atoms with Gasteiger partial charge in [-0.1, -0.05) is 48.5 Å². The lowest BCUT2D eigenvalue weighted by atomic mass is 10.0. The first kappa shape index (κ1) is 11.1. The second kappa shape index (κ2) is 4.14. The van der Waals surface area contributed by atoms with E-state index in [1.165, 1.54) is 10.8 Å². The van der Waals surface area contributed by atoms with Crippen LogP contribution in [0.2, 0.25) is 0 Å². The second-order valence-corrected chi connectivity index (χ2v) is 5.02. The van der Waals surface area contributed by atoms with Crippen molar-refractivity contribution in [3.63, 3.8) is 0 Å². The highest BCUT2D eigenvalue weighted by Gasteiger charge is 2.08. The number of aromatic nitrogens is 1. The zero-order valence-corrected chi connectivity index (χ0v) is 10.9. The first-order valence-electron chi connectivity index (χ1n) is 6.68. The number of hydrogen-bond donors (Lipinski definition) is 2. The van der Waals surface area contributed by atoms with Crippen LogP contribution in [-0.4, -0.2) is 4.98 Å². The highest BCUT2D eigenvalue weighted by atomic mass is 14.7. The molecule has 4 aromatic rings. The van der Waals surface area contributed by atoms with Crippen LogP contribution in [0.3, 0.4) is 0 Å². The monoisotopic (exact) mass is 258 g/mol. The molecule has 1 aromatic heterocycles. The fourth-order valence-corrected chi connectivity index (χ4v) is 2.78. The molecule has 0 radical (unpaired) electrons. The molecule has 0 fully saturated rings. The fraction of sp³-hybridized carbons (Fsp3) is 0. The maximum absolute atomic E-state index is 6.25. The Hall–Kier alpha value is -2.74. The fourth-order valence-electron chi connectivity index (χ4n) is 2.78. The van der Waals surface area contributed by atoms with Crippen molar-refractivity contribution in [1.29, 1.82) is 0 Å². The van der Waals surface area contributed by atoms with Gasteiger partial charge in [-0.3, -0.25) is 0 Å². The summed E-state index contributed by atoms with van der Waals surface area (Å²) in [5, 5.41) is 2.39. The largest absolute Gasteiger partial charge is 0.398 e. The summed E-state index contributed by atoms with van der Waals surface area (Å²) in [5.74, 6) is 0. The molecule has 2 heteroatoms. The number of nitrogen functional groups attached to an aromatic ring is 1. The van der Waals surface area contributed by atoms with Gasteiger partial charge >= 0.3 is 0 Å². The van der Waals surface area contributed by atoms with Crippen LogP contribution in [0.15, 0.2) is 66.7 Å². The highest BCUT2D eigenvalue weighted by molar-refractivity contribution is 6.10. The van der Waals surface area contributed by atoms with Gasteiger partial charge in [0.25, 0.3) is 0 Å². The number of benzene rings is 3. The van der Waals surface area contributed by atoms with Gasteiger partial charge in [-0.15, -0.1) is 0 Å². The van der Waals surface area contributed by atoms with E-state index in [2.05, 4.69) is 47.4 Å². The number of fused-ring (bicyclic) bond motifs is 3. The average Bonchev–Trinajstić information content (AvgIpc) is 2.85. The van der Waals surface area contributed by atoms with Gasteiger partial charge in [0.1, 0.15) is 0 Å². The number of para-hydroxylation sites is 1. The normalized spacial score (nSPS) is 11.2. The first-order valence-corrected chi connectivity index (χ1v) is 6.68. The van der Waals surface area contributed by atoms with Crippen LogP contribution >= 0.6 is 0 Å². The van der Waals surface area contributed by atoms with E-state index >= 15 is 0 Å². The molecule has 0 saturated heterocycles. The summed E-state index contributed by atoms with van der Waals surface area (Å²) >= 11 is 0. The van der Waals surface area contributed by atoms with E-state index in [1.54, 1.807) is 0 Å². The molecule has 0 atom stereocenters. The molecule has 0 spiro atoms. The predicted molar refractivity (Wildman–Crippen MR) is 85.7 cm³/mol. The number of hydrogen-bond acceptors (Lipinski definition) is 1. The van der Waals surface area contributed by atoms with Crippen molar-refractivity contribution >= 4 is 27.5 Å². The van der Waals surface area contributed by atoms with Gasteiger partial charge in [0.2, 0.25) is 0 Å². The quantitative estimate of drug-likeness (QED) is 0.482. The van der Waals surface area contributed by atoms with Crippen LogP contribution < -0.4 is 5.73 Å². The summed E-state index contributed by atoms with van der Waals surface area (Å²) in [6.45, 7) is 0. The molecular formula is C18H14N2. The minimum absolute atomic E-state index is 0.813. The molecule has 4 rings (SSSR count). The number of nitrogens with two attached hydrogens (primary N) is 1. The van der Waals surface area contributed by atoms with E-state index in [-0.39, 0.29) is 0 Å². The summed E-state index contributed by atoms with van der Waals surface area (Å²) in [6.07, 6.45) is 0. The van der Waals surface area contributed by atoms with Crippen LogP contribution in [0.4, 0.5) is 5.69 Å². The zero-order valence-electron chi connectivity index (χ0n) is 10.9. The summed E-state index contributed by atoms with van der Waals surface area (Å²) in [4.78, 5) is 3.46. The molecule has 3 aromatic carbocycles. The third kappa shape index (κ3) is 1.58. The predicted octanol–water partition coefficient (Wildman–Crippen LogP) is 4.57. The van der Waals surface area contributed by atoms with Gasteiger partial charge in [-0.25, -0.2) is 0 Å². The van der Waals surface area contributed by atoms with E-state index in [9.17, 15) is 0 Å². The van der Waals surface area contributed by atoms with Crippen LogP contribution in [0.25, 0.3) is 32.9 Å². The van der Waals surface area contributed by atoms with Crippen molar-refractivity contribution in [1.82, 2.24) is 4.98 Å². The van der Waals surface area contributed by atoms with Gasteiger partial charge in [0.15, 0.2) is 0 Å². The number of aromatic amines is 1. The molecule has 0 unspecified atom stereocenters. The average molecular weight is 258 g/mol. The Bertz CT molecular complexity index is 905. The second-order valence-electron chi connectivity index (χ2n) is 5.02. The Labute approximate surface area is 116 Å². The molecule has 0 aliphatic carbocycles. The van der Waals surface area contributed by atoms with Crippen molar-refractivity contribution < 1.29 is 0 Å².